The van der Waals surface area contributed by atoms with E-state index < -0.39 is 0 Å². The third kappa shape index (κ3) is 4.53. The summed E-state index contributed by atoms with van der Waals surface area (Å²) in [6.07, 6.45) is 1.02. The summed E-state index contributed by atoms with van der Waals surface area (Å²) in [6, 6.07) is 8.18. The average molecular weight is 246 g/mol. The number of nitrogen functional groups attached to an aromatic ring is 1. The lowest BCUT2D eigenvalue weighted by Crippen LogP contribution is -2.25. The fraction of sp³-hybridized carbons (Fsp3) is 0.500. The van der Waals surface area contributed by atoms with Crippen LogP contribution in [0.3, 0.4) is 0 Å². The van der Waals surface area contributed by atoms with Crippen LogP contribution in [0.1, 0.15) is 33.3 Å². The van der Waals surface area contributed by atoms with E-state index in [1.807, 2.05) is 12.1 Å². The Morgan fingerprint density at radius 1 is 1.00 bits per heavy atom. The Labute approximate surface area is 111 Å². The van der Waals surface area contributed by atoms with E-state index in [4.69, 9.17) is 5.73 Å². The van der Waals surface area contributed by atoms with Gasteiger partial charge in [-0.15, -0.1) is 0 Å². The zero-order valence-corrected chi connectivity index (χ0v) is 12.2. The zero-order valence-electron chi connectivity index (χ0n) is 12.2. The quantitative estimate of drug-likeness (QED) is 0.615. The van der Waals surface area contributed by atoms with Gasteiger partial charge in [0.1, 0.15) is 0 Å². The first-order valence-corrected chi connectivity index (χ1v) is 6.78. The van der Waals surface area contributed by atoms with Gasteiger partial charge in [0.25, 0.3) is 0 Å². The molecule has 0 atom stereocenters. The molecule has 0 aliphatic rings. The standard InChI is InChI=1S/C16H26N2/c1-5-18(6-2)12-14(4)13(3)11-15-7-9-16(17)10-8-15/h7-10H,5-6,11-12,17H2,1-4H3/b14-13+. The van der Waals surface area contributed by atoms with E-state index in [9.17, 15) is 0 Å². The molecule has 0 aromatic heterocycles. The van der Waals surface area contributed by atoms with Crippen molar-refractivity contribution in [2.24, 2.45) is 0 Å². The van der Waals surface area contributed by atoms with E-state index >= 15 is 0 Å². The Balaban J connectivity index is 2.67. The highest BCUT2D eigenvalue weighted by Crippen LogP contribution is 2.14. The van der Waals surface area contributed by atoms with Gasteiger partial charge in [-0.1, -0.05) is 37.1 Å². The first-order valence-electron chi connectivity index (χ1n) is 6.78. The molecule has 0 saturated heterocycles. The van der Waals surface area contributed by atoms with Crippen molar-refractivity contribution in [1.82, 2.24) is 4.90 Å². The molecule has 1 rings (SSSR count). The van der Waals surface area contributed by atoms with Gasteiger partial charge in [0.15, 0.2) is 0 Å². The number of nitrogens with two attached hydrogens (primary N) is 1. The van der Waals surface area contributed by atoms with Crippen molar-refractivity contribution >= 4 is 5.69 Å². The Kier molecular flexibility index (Phi) is 5.93. The fourth-order valence-corrected chi connectivity index (χ4v) is 2.01. The molecule has 0 fully saturated rings. The number of anilines is 1. The number of nitrogens with zero attached hydrogens (tertiary/aromatic N) is 1. The molecule has 1 aromatic rings. The van der Waals surface area contributed by atoms with Crippen molar-refractivity contribution in [3.05, 3.63) is 41.0 Å². The average Bonchev–Trinajstić information content (AvgIpc) is 2.38. The molecule has 2 nitrogen and oxygen atoms in total. The summed E-state index contributed by atoms with van der Waals surface area (Å²) in [5.74, 6) is 0. The summed E-state index contributed by atoms with van der Waals surface area (Å²) in [6.45, 7) is 12.2. The second-order valence-electron chi connectivity index (χ2n) is 4.94. The molecule has 0 bridgehead atoms. The minimum Gasteiger partial charge on any atom is -0.399 e. The summed E-state index contributed by atoms with van der Waals surface area (Å²) in [7, 11) is 0. The molecular formula is C16H26N2. The summed E-state index contributed by atoms with van der Waals surface area (Å²) in [5.41, 5.74) is 10.8. The second kappa shape index (κ2) is 7.22. The molecule has 0 amide bonds. The molecule has 0 aliphatic heterocycles. The molecule has 100 valence electrons. The van der Waals surface area contributed by atoms with Crippen molar-refractivity contribution < 1.29 is 0 Å². The van der Waals surface area contributed by atoms with Crippen LogP contribution in [0.15, 0.2) is 35.4 Å². The number of benzene rings is 1. The van der Waals surface area contributed by atoms with Crippen LogP contribution in [-0.4, -0.2) is 24.5 Å². The van der Waals surface area contributed by atoms with Crippen LogP contribution in [0.25, 0.3) is 0 Å². The Hall–Kier alpha value is -1.28. The van der Waals surface area contributed by atoms with Crippen molar-refractivity contribution in [2.45, 2.75) is 34.1 Å². The molecule has 0 unspecified atom stereocenters. The maximum absolute atomic E-state index is 5.70. The van der Waals surface area contributed by atoms with Gasteiger partial charge in [-0.25, -0.2) is 0 Å². The molecule has 0 radical (unpaired) electrons. The van der Waals surface area contributed by atoms with Gasteiger partial charge in [0, 0.05) is 12.2 Å². The lowest BCUT2D eigenvalue weighted by molar-refractivity contribution is 0.329. The molecule has 0 heterocycles. The molecular weight excluding hydrogens is 220 g/mol. The monoisotopic (exact) mass is 246 g/mol. The van der Waals surface area contributed by atoms with Gasteiger partial charge in [-0.05, 0) is 51.1 Å². The fourth-order valence-electron chi connectivity index (χ4n) is 2.01. The Morgan fingerprint density at radius 3 is 2.06 bits per heavy atom. The van der Waals surface area contributed by atoms with E-state index in [1.165, 1.54) is 16.7 Å². The molecule has 0 spiro atoms. The second-order valence-corrected chi connectivity index (χ2v) is 4.94. The highest BCUT2D eigenvalue weighted by Gasteiger charge is 2.04. The Morgan fingerprint density at radius 2 is 1.56 bits per heavy atom. The van der Waals surface area contributed by atoms with Crippen LogP contribution in [-0.2, 0) is 6.42 Å². The summed E-state index contributed by atoms with van der Waals surface area (Å²) in [4.78, 5) is 2.45. The van der Waals surface area contributed by atoms with Gasteiger partial charge in [-0.2, -0.15) is 0 Å². The largest absolute Gasteiger partial charge is 0.399 e. The van der Waals surface area contributed by atoms with Crippen LogP contribution in [0.4, 0.5) is 5.69 Å². The molecule has 0 aliphatic carbocycles. The summed E-state index contributed by atoms with van der Waals surface area (Å²) < 4.78 is 0. The lowest BCUT2D eigenvalue weighted by atomic mass is 10.0. The molecule has 2 heteroatoms. The van der Waals surface area contributed by atoms with Gasteiger partial charge in [0.05, 0.1) is 0 Å². The number of hydrogen-bond donors (Lipinski definition) is 1. The summed E-state index contributed by atoms with van der Waals surface area (Å²) >= 11 is 0. The highest BCUT2D eigenvalue weighted by atomic mass is 15.1. The summed E-state index contributed by atoms with van der Waals surface area (Å²) in [5, 5.41) is 0. The lowest BCUT2D eigenvalue weighted by Gasteiger charge is -2.20. The third-order valence-corrected chi connectivity index (χ3v) is 3.53. The predicted molar refractivity (Wildman–Crippen MR) is 80.7 cm³/mol. The van der Waals surface area contributed by atoms with Gasteiger partial charge in [0.2, 0.25) is 0 Å². The Bertz CT molecular complexity index is 386. The molecule has 0 saturated carbocycles. The first-order chi connectivity index (χ1) is 8.56. The third-order valence-electron chi connectivity index (χ3n) is 3.53. The van der Waals surface area contributed by atoms with E-state index in [-0.39, 0.29) is 0 Å². The van der Waals surface area contributed by atoms with E-state index in [0.29, 0.717) is 0 Å². The van der Waals surface area contributed by atoms with Crippen LogP contribution in [0.5, 0.6) is 0 Å². The van der Waals surface area contributed by atoms with Crippen LogP contribution in [0, 0.1) is 0 Å². The van der Waals surface area contributed by atoms with Crippen LogP contribution < -0.4 is 5.73 Å². The van der Waals surface area contributed by atoms with Crippen molar-refractivity contribution in [2.75, 3.05) is 25.4 Å². The highest BCUT2D eigenvalue weighted by molar-refractivity contribution is 5.40. The zero-order chi connectivity index (χ0) is 13.5. The van der Waals surface area contributed by atoms with Crippen molar-refractivity contribution in [3.63, 3.8) is 0 Å². The maximum atomic E-state index is 5.70. The smallest absolute Gasteiger partial charge is 0.0314 e. The van der Waals surface area contributed by atoms with Crippen LogP contribution >= 0.6 is 0 Å². The normalized spacial score (nSPS) is 12.7. The number of rotatable bonds is 6. The number of allylic oxidation sites excluding steroid dienone is 1. The number of likely N-dealkylation sites (N-methyl/N-ethyl adjacent to an activating group) is 1. The predicted octanol–water partition coefficient (Wildman–Crippen LogP) is 3.49. The molecule has 18 heavy (non-hydrogen) atoms. The van der Waals surface area contributed by atoms with E-state index in [0.717, 1.165) is 31.7 Å². The van der Waals surface area contributed by atoms with Crippen LogP contribution in [0.2, 0.25) is 0 Å². The minimum absolute atomic E-state index is 0.834. The van der Waals surface area contributed by atoms with Crippen molar-refractivity contribution in [1.29, 1.82) is 0 Å². The first kappa shape index (κ1) is 14.8. The minimum atomic E-state index is 0.834. The van der Waals surface area contributed by atoms with Gasteiger partial charge in [-0.3, -0.25) is 4.90 Å². The SMILES string of the molecule is CCN(CC)C/C(C)=C(\C)Cc1ccc(N)cc1. The van der Waals surface area contributed by atoms with Gasteiger partial charge < -0.3 is 5.73 Å². The molecule has 2 N–H and O–H groups in total. The number of hydrogen-bond acceptors (Lipinski definition) is 2. The topological polar surface area (TPSA) is 29.3 Å². The van der Waals surface area contributed by atoms with Gasteiger partial charge >= 0.3 is 0 Å². The van der Waals surface area contributed by atoms with E-state index in [1.54, 1.807) is 0 Å². The van der Waals surface area contributed by atoms with Crippen molar-refractivity contribution in [3.8, 4) is 0 Å². The maximum Gasteiger partial charge on any atom is 0.0314 e. The molecule has 1 aromatic carbocycles. The van der Waals surface area contributed by atoms with E-state index in [2.05, 4.69) is 44.7 Å².